The minimum absolute atomic E-state index is 0.0989. The van der Waals surface area contributed by atoms with Crippen molar-refractivity contribution in [2.24, 2.45) is 0 Å². The predicted molar refractivity (Wildman–Crippen MR) is 62.9 cm³/mol. The Kier molecular flexibility index (Phi) is 2.23. The minimum Gasteiger partial charge on any atom is -0.258 e. The fraction of sp³-hybridized carbons (Fsp3) is 0. The van der Waals surface area contributed by atoms with E-state index in [2.05, 4.69) is 15.1 Å². The number of hydrogen-bond donors (Lipinski definition) is 0. The lowest BCUT2D eigenvalue weighted by Gasteiger charge is -1.92. The van der Waals surface area contributed by atoms with Gasteiger partial charge in [0, 0.05) is 12.3 Å². The molecule has 0 fully saturated rings. The van der Waals surface area contributed by atoms with E-state index in [4.69, 9.17) is 0 Å². The Morgan fingerprint density at radius 1 is 1.22 bits per heavy atom. The Bertz CT molecular complexity index is 723. The van der Waals surface area contributed by atoms with Crippen LogP contribution in [0.3, 0.4) is 0 Å². The normalized spacial score (nSPS) is 10.7. The Balaban J connectivity index is 2.14. The third kappa shape index (κ3) is 1.67. The van der Waals surface area contributed by atoms with Gasteiger partial charge in [0.1, 0.15) is 18.1 Å². The van der Waals surface area contributed by atoms with E-state index >= 15 is 0 Å². The molecule has 0 spiro atoms. The average molecular weight is 241 g/mol. The van der Waals surface area contributed by atoms with Crippen molar-refractivity contribution in [2.45, 2.75) is 0 Å². The van der Waals surface area contributed by atoms with Crippen molar-refractivity contribution in [3.8, 4) is 11.4 Å². The lowest BCUT2D eigenvalue weighted by molar-refractivity contribution is -0.385. The molecule has 0 aromatic carbocycles. The molecule has 0 unspecified atom stereocenters. The first kappa shape index (κ1) is 10.3. The van der Waals surface area contributed by atoms with Gasteiger partial charge in [-0.15, -0.1) is 0 Å². The number of nitrogens with zero attached hydrogens (tertiary/aromatic N) is 5. The van der Waals surface area contributed by atoms with Crippen LogP contribution in [-0.2, 0) is 0 Å². The summed E-state index contributed by atoms with van der Waals surface area (Å²) in [7, 11) is 0. The summed E-state index contributed by atoms with van der Waals surface area (Å²) >= 11 is 0. The predicted octanol–water partition coefficient (Wildman–Crippen LogP) is 1.70. The van der Waals surface area contributed by atoms with Gasteiger partial charge in [0.2, 0.25) is 0 Å². The maximum Gasteiger partial charge on any atom is 0.305 e. The number of nitro groups is 1. The highest BCUT2D eigenvalue weighted by atomic mass is 16.6. The standard InChI is InChI=1S/C11H7N5O2/c17-16(18)8-6-13-11-5-10(14-15(11)7-8)9-3-1-2-4-12-9/h1-7H. The van der Waals surface area contributed by atoms with Crippen LogP contribution in [0.4, 0.5) is 5.69 Å². The highest BCUT2D eigenvalue weighted by Gasteiger charge is 2.11. The highest BCUT2D eigenvalue weighted by molar-refractivity contribution is 5.60. The van der Waals surface area contributed by atoms with Gasteiger partial charge < -0.3 is 0 Å². The third-order valence-electron chi connectivity index (χ3n) is 2.44. The molecule has 0 saturated heterocycles. The van der Waals surface area contributed by atoms with Gasteiger partial charge in [0.25, 0.3) is 0 Å². The zero-order chi connectivity index (χ0) is 12.5. The fourth-order valence-corrected chi connectivity index (χ4v) is 1.60. The monoisotopic (exact) mass is 241 g/mol. The molecule has 7 heteroatoms. The first-order valence-electron chi connectivity index (χ1n) is 5.15. The summed E-state index contributed by atoms with van der Waals surface area (Å²) in [5.41, 5.74) is 1.77. The Hall–Kier alpha value is -2.83. The van der Waals surface area contributed by atoms with E-state index < -0.39 is 4.92 Å². The number of rotatable bonds is 2. The Morgan fingerprint density at radius 2 is 2.11 bits per heavy atom. The summed E-state index contributed by atoms with van der Waals surface area (Å²) in [6.45, 7) is 0. The smallest absolute Gasteiger partial charge is 0.258 e. The van der Waals surface area contributed by atoms with Gasteiger partial charge in [0.15, 0.2) is 5.65 Å². The molecular weight excluding hydrogens is 234 g/mol. The van der Waals surface area contributed by atoms with Crippen LogP contribution < -0.4 is 0 Å². The van der Waals surface area contributed by atoms with Gasteiger partial charge in [0.05, 0.1) is 10.6 Å². The number of fused-ring (bicyclic) bond motifs is 1. The van der Waals surface area contributed by atoms with E-state index in [1.54, 1.807) is 12.3 Å². The van der Waals surface area contributed by atoms with Gasteiger partial charge in [-0.1, -0.05) is 6.07 Å². The minimum atomic E-state index is -0.505. The van der Waals surface area contributed by atoms with E-state index in [1.165, 1.54) is 16.9 Å². The zero-order valence-corrected chi connectivity index (χ0v) is 9.09. The molecule has 18 heavy (non-hydrogen) atoms. The summed E-state index contributed by atoms with van der Waals surface area (Å²) < 4.78 is 1.38. The molecule has 0 N–H and O–H groups in total. The van der Waals surface area contributed by atoms with Crippen molar-refractivity contribution in [3.63, 3.8) is 0 Å². The molecule has 0 bridgehead atoms. The van der Waals surface area contributed by atoms with Gasteiger partial charge in [-0.3, -0.25) is 15.1 Å². The molecule has 0 saturated carbocycles. The van der Waals surface area contributed by atoms with E-state index in [0.717, 1.165) is 0 Å². The lowest BCUT2D eigenvalue weighted by Crippen LogP contribution is -1.95. The van der Waals surface area contributed by atoms with Gasteiger partial charge in [-0.05, 0) is 12.1 Å². The van der Waals surface area contributed by atoms with Crippen molar-refractivity contribution >= 4 is 11.3 Å². The largest absolute Gasteiger partial charge is 0.305 e. The summed E-state index contributed by atoms with van der Waals surface area (Å²) in [6.07, 6.45) is 4.20. The molecule has 88 valence electrons. The summed E-state index contributed by atoms with van der Waals surface area (Å²) in [5.74, 6) is 0. The average Bonchev–Trinajstić information content (AvgIpc) is 2.82. The summed E-state index contributed by atoms with van der Waals surface area (Å²) in [4.78, 5) is 18.3. The van der Waals surface area contributed by atoms with Crippen LogP contribution in [-0.4, -0.2) is 24.5 Å². The molecule has 0 atom stereocenters. The number of pyridine rings is 1. The first-order valence-corrected chi connectivity index (χ1v) is 5.15. The second-order valence-electron chi connectivity index (χ2n) is 3.62. The van der Waals surface area contributed by atoms with Crippen LogP contribution in [0.5, 0.6) is 0 Å². The molecule has 3 aromatic rings. The zero-order valence-electron chi connectivity index (χ0n) is 9.09. The molecule has 3 heterocycles. The van der Waals surface area contributed by atoms with Crippen LogP contribution in [0.15, 0.2) is 42.9 Å². The van der Waals surface area contributed by atoms with Crippen LogP contribution in [0.25, 0.3) is 17.0 Å². The SMILES string of the molecule is O=[N+]([O-])c1cnc2cc(-c3ccccn3)nn2c1. The molecular formula is C11H7N5O2. The van der Waals surface area contributed by atoms with E-state index in [1.807, 2.05) is 18.2 Å². The third-order valence-corrected chi connectivity index (χ3v) is 2.44. The maximum atomic E-state index is 10.6. The van der Waals surface area contributed by atoms with Crippen molar-refractivity contribution in [1.29, 1.82) is 0 Å². The number of aromatic nitrogens is 4. The van der Waals surface area contributed by atoms with Crippen LogP contribution in [0.2, 0.25) is 0 Å². The van der Waals surface area contributed by atoms with Gasteiger partial charge in [-0.25, -0.2) is 9.50 Å². The summed E-state index contributed by atoms with van der Waals surface area (Å²) in [6, 6.07) is 7.20. The topological polar surface area (TPSA) is 86.2 Å². The molecule has 0 amide bonds. The van der Waals surface area contributed by atoms with E-state index in [0.29, 0.717) is 17.0 Å². The second kappa shape index (κ2) is 3.88. The Labute approximate surface area is 101 Å². The molecule has 0 aliphatic rings. The van der Waals surface area contributed by atoms with Gasteiger partial charge in [-0.2, -0.15) is 5.10 Å². The van der Waals surface area contributed by atoms with Crippen molar-refractivity contribution in [3.05, 3.63) is 53.0 Å². The number of hydrogen-bond acceptors (Lipinski definition) is 5. The molecule has 3 rings (SSSR count). The molecule has 3 aromatic heterocycles. The van der Waals surface area contributed by atoms with E-state index in [9.17, 15) is 10.1 Å². The second-order valence-corrected chi connectivity index (χ2v) is 3.62. The Morgan fingerprint density at radius 3 is 2.83 bits per heavy atom. The molecule has 0 radical (unpaired) electrons. The van der Waals surface area contributed by atoms with Crippen LogP contribution in [0, 0.1) is 10.1 Å². The first-order chi connectivity index (χ1) is 8.74. The van der Waals surface area contributed by atoms with Crippen LogP contribution >= 0.6 is 0 Å². The van der Waals surface area contributed by atoms with Crippen LogP contribution in [0.1, 0.15) is 0 Å². The van der Waals surface area contributed by atoms with Crippen molar-refractivity contribution in [2.75, 3.05) is 0 Å². The molecule has 7 nitrogen and oxygen atoms in total. The molecule has 0 aliphatic carbocycles. The van der Waals surface area contributed by atoms with Crippen molar-refractivity contribution in [1.82, 2.24) is 19.6 Å². The highest BCUT2D eigenvalue weighted by Crippen LogP contribution is 2.17. The maximum absolute atomic E-state index is 10.6. The molecule has 0 aliphatic heterocycles. The summed E-state index contributed by atoms with van der Waals surface area (Å²) in [5, 5.41) is 14.8. The quantitative estimate of drug-likeness (QED) is 0.503. The van der Waals surface area contributed by atoms with Gasteiger partial charge >= 0.3 is 5.69 Å². The van der Waals surface area contributed by atoms with Crippen molar-refractivity contribution < 1.29 is 4.92 Å². The lowest BCUT2D eigenvalue weighted by atomic mass is 10.3. The van der Waals surface area contributed by atoms with E-state index in [-0.39, 0.29) is 5.69 Å². The fourth-order valence-electron chi connectivity index (χ4n) is 1.60.